The predicted octanol–water partition coefficient (Wildman–Crippen LogP) is 5.88. The van der Waals surface area contributed by atoms with Crippen molar-refractivity contribution in [2.24, 2.45) is 11.8 Å². The van der Waals surface area contributed by atoms with E-state index in [1.807, 2.05) is 4.90 Å². The van der Waals surface area contributed by atoms with E-state index in [4.69, 9.17) is 9.47 Å². The molecule has 0 spiro atoms. The van der Waals surface area contributed by atoms with Crippen molar-refractivity contribution in [3.05, 3.63) is 15.8 Å². The minimum absolute atomic E-state index is 0.0116. The van der Waals surface area contributed by atoms with Crippen LogP contribution in [0, 0.1) is 11.8 Å². The Balaban J connectivity index is 1.68. The van der Waals surface area contributed by atoms with Gasteiger partial charge in [0.2, 0.25) is 5.91 Å². The first-order chi connectivity index (χ1) is 16.4. The molecule has 1 aromatic rings. The van der Waals surface area contributed by atoms with Crippen LogP contribution in [0.3, 0.4) is 0 Å². The number of amides is 1. The number of hydrogen-bond acceptors (Lipinski definition) is 6. The van der Waals surface area contributed by atoms with Crippen LogP contribution in [-0.4, -0.2) is 44.0 Å². The van der Waals surface area contributed by atoms with Crippen LogP contribution in [0.2, 0.25) is 0 Å². The third-order valence-electron chi connectivity index (χ3n) is 8.25. The summed E-state index contributed by atoms with van der Waals surface area (Å²) in [4.78, 5) is 42.3. The molecule has 0 aliphatic heterocycles. The number of rotatable bonds is 6. The maximum atomic E-state index is 14.0. The molecule has 0 bridgehead atoms. The maximum Gasteiger partial charge on any atom is 0.350 e. The summed E-state index contributed by atoms with van der Waals surface area (Å²) < 4.78 is 10.7. The molecule has 0 radical (unpaired) electrons. The van der Waals surface area contributed by atoms with Gasteiger partial charge in [0.05, 0.1) is 18.9 Å². The molecule has 0 aromatic carbocycles. The van der Waals surface area contributed by atoms with Crippen LogP contribution in [0.1, 0.15) is 104 Å². The van der Waals surface area contributed by atoms with E-state index in [1.54, 1.807) is 7.11 Å². The molecule has 6 nitrogen and oxygen atoms in total. The number of carbonyl (C=O) groups excluding carboxylic acids is 3. The quantitative estimate of drug-likeness (QED) is 0.467. The molecule has 0 N–H and O–H groups in total. The molecule has 0 saturated heterocycles. The number of anilines is 1. The molecule has 34 heavy (non-hydrogen) atoms. The van der Waals surface area contributed by atoms with E-state index in [1.165, 1.54) is 18.4 Å². The van der Waals surface area contributed by atoms with E-state index in [0.717, 1.165) is 74.8 Å². The summed E-state index contributed by atoms with van der Waals surface area (Å²) >= 11 is 1.46. The van der Waals surface area contributed by atoms with Crippen molar-refractivity contribution in [2.45, 2.75) is 102 Å². The Kier molecular flexibility index (Phi) is 8.46. The first-order valence-corrected chi connectivity index (χ1v) is 13.8. The van der Waals surface area contributed by atoms with Crippen molar-refractivity contribution in [1.82, 2.24) is 0 Å². The number of Topliss-reactive ketones (excluding diaryl/α,β-unsaturated/α-hetero) is 1. The van der Waals surface area contributed by atoms with Crippen molar-refractivity contribution in [3.8, 4) is 0 Å². The van der Waals surface area contributed by atoms with E-state index in [0.29, 0.717) is 29.4 Å². The zero-order chi connectivity index (χ0) is 24.2. The number of ketones is 1. The fourth-order valence-electron chi connectivity index (χ4n) is 5.98. The van der Waals surface area contributed by atoms with Crippen LogP contribution in [-0.2, 0) is 19.1 Å². The topological polar surface area (TPSA) is 72.9 Å². The van der Waals surface area contributed by atoms with E-state index in [-0.39, 0.29) is 35.9 Å². The summed E-state index contributed by atoms with van der Waals surface area (Å²) in [6.07, 6.45) is 10.6. The Bertz CT molecular complexity index is 870. The summed E-state index contributed by atoms with van der Waals surface area (Å²) in [7, 11) is 3.16. The molecule has 3 fully saturated rings. The second kappa shape index (κ2) is 11.3. The molecular formula is C27H39NO5S. The van der Waals surface area contributed by atoms with E-state index < -0.39 is 0 Å². The lowest BCUT2D eigenvalue weighted by Gasteiger charge is -2.39. The first kappa shape index (κ1) is 25.4. The molecule has 0 atom stereocenters. The Hall–Kier alpha value is -1.73. The van der Waals surface area contributed by atoms with Crippen LogP contribution >= 0.6 is 11.3 Å². The minimum Gasteiger partial charge on any atom is -0.465 e. The van der Waals surface area contributed by atoms with Crippen molar-refractivity contribution in [3.63, 3.8) is 0 Å². The summed E-state index contributed by atoms with van der Waals surface area (Å²) in [5.41, 5.74) is 0.730. The molecule has 3 saturated carbocycles. The Morgan fingerprint density at radius 1 is 0.941 bits per heavy atom. The molecule has 1 amide bonds. The second-order valence-electron chi connectivity index (χ2n) is 10.5. The fraction of sp³-hybridized carbons (Fsp3) is 0.741. The van der Waals surface area contributed by atoms with Gasteiger partial charge in [0.25, 0.3) is 0 Å². The van der Waals surface area contributed by atoms with Crippen molar-refractivity contribution < 1.29 is 23.9 Å². The number of esters is 1. The molecule has 1 heterocycles. The van der Waals surface area contributed by atoms with Crippen LogP contribution in [0.4, 0.5) is 5.69 Å². The highest BCUT2D eigenvalue weighted by Crippen LogP contribution is 2.43. The maximum absolute atomic E-state index is 14.0. The van der Waals surface area contributed by atoms with Crippen LogP contribution in [0.25, 0.3) is 0 Å². The summed E-state index contributed by atoms with van der Waals surface area (Å²) in [5.74, 6) is 1.05. The lowest BCUT2D eigenvalue weighted by atomic mass is 9.81. The van der Waals surface area contributed by atoms with Gasteiger partial charge in [0, 0.05) is 36.8 Å². The predicted molar refractivity (Wildman–Crippen MR) is 134 cm³/mol. The van der Waals surface area contributed by atoms with Crippen LogP contribution < -0.4 is 4.90 Å². The van der Waals surface area contributed by atoms with Crippen LogP contribution in [0.5, 0.6) is 0 Å². The van der Waals surface area contributed by atoms with Gasteiger partial charge in [0.1, 0.15) is 10.7 Å². The van der Waals surface area contributed by atoms with Gasteiger partial charge >= 0.3 is 5.97 Å². The van der Waals surface area contributed by atoms with E-state index in [2.05, 4.69) is 13.0 Å². The van der Waals surface area contributed by atoms with Crippen molar-refractivity contribution >= 4 is 34.7 Å². The van der Waals surface area contributed by atoms with Crippen LogP contribution in [0.15, 0.2) is 6.07 Å². The lowest BCUT2D eigenvalue weighted by Crippen LogP contribution is -2.47. The van der Waals surface area contributed by atoms with Crippen molar-refractivity contribution in [2.75, 3.05) is 19.1 Å². The SMILES string of the molecule is COC(=O)c1sc(C2CCC(=O)CC2)cc1N(C(=O)C1CCC(C)CC1)C1CCC(OC)CC1. The summed E-state index contributed by atoms with van der Waals surface area (Å²) in [6, 6.07) is 2.14. The molecule has 1 aromatic heterocycles. The monoisotopic (exact) mass is 489 g/mol. The Morgan fingerprint density at radius 3 is 2.18 bits per heavy atom. The number of nitrogens with zero attached hydrogens (tertiary/aromatic N) is 1. The number of methoxy groups -OCH3 is 2. The van der Waals surface area contributed by atoms with Gasteiger partial charge in [-0.15, -0.1) is 11.3 Å². The largest absolute Gasteiger partial charge is 0.465 e. The average molecular weight is 490 g/mol. The van der Waals surface area contributed by atoms with Crippen molar-refractivity contribution in [1.29, 1.82) is 0 Å². The number of hydrogen-bond donors (Lipinski definition) is 0. The molecule has 3 aliphatic carbocycles. The Labute approximate surface area is 207 Å². The lowest BCUT2D eigenvalue weighted by molar-refractivity contribution is -0.124. The summed E-state index contributed by atoms with van der Waals surface area (Å²) in [6.45, 7) is 2.26. The zero-order valence-electron chi connectivity index (χ0n) is 20.8. The molecule has 0 unspecified atom stereocenters. The highest BCUT2D eigenvalue weighted by molar-refractivity contribution is 7.14. The second-order valence-corrected chi connectivity index (χ2v) is 11.6. The molecule has 4 rings (SSSR count). The number of thiophene rings is 1. The first-order valence-electron chi connectivity index (χ1n) is 13.0. The number of carbonyl (C=O) groups is 3. The highest BCUT2D eigenvalue weighted by atomic mass is 32.1. The van der Waals surface area contributed by atoms with Gasteiger partial charge in [-0.05, 0) is 82.1 Å². The zero-order valence-corrected chi connectivity index (χ0v) is 21.7. The third-order valence-corrected chi connectivity index (χ3v) is 9.52. The van der Waals surface area contributed by atoms with Gasteiger partial charge in [-0.2, -0.15) is 0 Å². The van der Waals surface area contributed by atoms with E-state index >= 15 is 0 Å². The highest BCUT2D eigenvalue weighted by Gasteiger charge is 2.38. The summed E-state index contributed by atoms with van der Waals surface area (Å²) in [5, 5.41) is 0. The normalized spacial score (nSPS) is 28.5. The molecule has 3 aliphatic rings. The van der Waals surface area contributed by atoms with E-state index in [9.17, 15) is 14.4 Å². The minimum atomic E-state index is -0.376. The Morgan fingerprint density at radius 2 is 1.59 bits per heavy atom. The molecular weight excluding hydrogens is 450 g/mol. The smallest absolute Gasteiger partial charge is 0.350 e. The standard InChI is InChI=1S/C27H39NO5S/c1-17-4-6-19(7-5-17)26(30)28(20-10-14-22(32-2)15-11-20)23-16-24(34-25(23)27(31)33-3)18-8-12-21(29)13-9-18/h16-20,22H,4-15H2,1-3H3. The average Bonchev–Trinajstić information content (AvgIpc) is 3.29. The fourth-order valence-corrected chi connectivity index (χ4v) is 7.22. The van der Waals surface area contributed by atoms with Gasteiger partial charge in [-0.3, -0.25) is 9.59 Å². The molecule has 188 valence electrons. The van der Waals surface area contributed by atoms with Gasteiger partial charge in [-0.25, -0.2) is 4.79 Å². The van der Waals surface area contributed by atoms with Gasteiger partial charge in [0.15, 0.2) is 0 Å². The third kappa shape index (κ3) is 5.56. The van der Waals surface area contributed by atoms with Gasteiger partial charge in [-0.1, -0.05) is 6.92 Å². The molecule has 7 heteroatoms. The van der Waals surface area contributed by atoms with Gasteiger partial charge < -0.3 is 14.4 Å². The number of ether oxygens (including phenoxy) is 2.